The van der Waals surface area contributed by atoms with Crippen molar-refractivity contribution in [2.75, 3.05) is 18.5 Å². The Morgan fingerprint density at radius 1 is 1.24 bits per heavy atom. The van der Waals surface area contributed by atoms with Crippen LogP contribution in [-0.2, 0) is 14.3 Å². The van der Waals surface area contributed by atoms with Gasteiger partial charge in [0.15, 0.2) is 0 Å². The van der Waals surface area contributed by atoms with E-state index in [4.69, 9.17) is 4.74 Å². The maximum Gasteiger partial charge on any atom is 0.228 e. The molecule has 3 rings (SSSR count). The number of benzene rings is 1. The number of para-hydroxylation sites is 1. The lowest BCUT2D eigenvalue weighted by molar-refractivity contribution is -0.125. The van der Waals surface area contributed by atoms with Crippen molar-refractivity contribution in [3.8, 4) is 0 Å². The molecule has 25 heavy (non-hydrogen) atoms. The fourth-order valence-electron chi connectivity index (χ4n) is 3.48. The molecule has 5 heteroatoms. The van der Waals surface area contributed by atoms with Crippen molar-refractivity contribution in [2.45, 2.75) is 52.1 Å². The third kappa shape index (κ3) is 4.21. The summed E-state index contributed by atoms with van der Waals surface area (Å²) in [6.45, 7) is 7.56. The first kappa shape index (κ1) is 17.9. The van der Waals surface area contributed by atoms with Crippen LogP contribution in [0.1, 0.15) is 50.2 Å². The fourth-order valence-corrected chi connectivity index (χ4v) is 3.48. The van der Waals surface area contributed by atoms with E-state index in [-0.39, 0.29) is 29.8 Å². The van der Waals surface area contributed by atoms with Crippen LogP contribution in [0.15, 0.2) is 18.2 Å². The number of aryl methyl sites for hydroxylation is 1. The molecule has 0 aromatic heterocycles. The third-order valence-corrected chi connectivity index (χ3v) is 5.17. The number of hydrogen-bond donors (Lipinski definition) is 2. The molecule has 1 aliphatic heterocycles. The Labute approximate surface area is 149 Å². The quantitative estimate of drug-likeness (QED) is 0.834. The van der Waals surface area contributed by atoms with Crippen LogP contribution in [0.3, 0.4) is 0 Å². The Morgan fingerprint density at radius 3 is 2.68 bits per heavy atom. The molecule has 2 amide bonds. The van der Waals surface area contributed by atoms with Crippen molar-refractivity contribution in [1.29, 1.82) is 0 Å². The summed E-state index contributed by atoms with van der Waals surface area (Å²) < 4.78 is 5.51. The summed E-state index contributed by atoms with van der Waals surface area (Å²) in [4.78, 5) is 24.8. The predicted octanol–water partition coefficient (Wildman–Crippen LogP) is 2.99. The molecular formula is C20H28N2O3. The molecule has 0 radical (unpaired) electrons. The first-order valence-corrected chi connectivity index (χ1v) is 9.27. The summed E-state index contributed by atoms with van der Waals surface area (Å²) >= 11 is 0. The van der Waals surface area contributed by atoms with E-state index in [0.717, 1.165) is 36.3 Å². The number of nitrogens with one attached hydrogen (secondary N) is 2. The highest BCUT2D eigenvalue weighted by atomic mass is 16.5. The molecular weight excluding hydrogens is 316 g/mol. The van der Waals surface area contributed by atoms with Gasteiger partial charge >= 0.3 is 0 Å². The third-order valence-electron chi connectivity index (χ3n) is 5.17. The van der Waals surface area contributed by atoms with Crippen LogP contribution < -0.4 is 10.6 Å². The van der Waals surface area contributed by atoms with Crippen LogP contribution in [0.4, 0.5) is 5.69 Å². The first-order valence-electron chi connectivity index (χ1n) is 9.27. The predicted molar refractivity (Wildman–Crippen MR) is 97.5 cm³/mol. The van der Waals surface area contributed by atoms with Gasteiger partial charge in [-0.25, -0.2) is 0 Å². The van der Waals surface area contributed by atoms with Crippen LogP contribution in [0.25, 0.3) is 0 Å². The molecule has 2 N–H and O–H groups in total. The molecule has 1 saturated heterocycles. The molecule has 0 bridgehead atoms. The first-order chi connectivity index (χ1) is 12.0. The van der Waals surface area contributed by atoms with Gasteiger partial charge in [-0.3, -0.25) is 9.59 Å². The Bertz CT molecular complexity index is 650. The van der Waals surface area contributed by atoms with Gasteiger partial charge in [0.05, 0.1) is 17.9 Å². The fraction of sp³-hybridized carbons (Fsp3) is 0.600. The van der Waals surface area contributed by atoms with Gasteiger partial charge in [-0.15, -0.1) is 0 Å². The SMILES string of the molecule is Cc1cccc(C(C)C)c1NC(=O)C1CC1C(=O)NCC1CCCO1. The van der Waals surface area contributed by atoms with Gasteiger partial charge in [-0.1, -0.05) is 32.0 Å². The van der Waals surface area contributed by atoms with Crippen molar-refractivity contribution >= 4 is 17.5 Å². The summed E-state index contributed by atoms with van der Waals surface area (Å²) in [7, 11) is 0. The molecule has 1 saturated carbocycles. The van der Waals surface area contributed by atoms with Crippen LogP contribution in [0.2, 0.25) is 0 Å². The second kappa shape index (κ2) is 7.56. The summed E-state index contributed by atoms with van der Waals surface area (Å²) in [5.74, 6) is -0.157. The standard InChI is InChI=1S/C20H28N2O3/c1-12(2)15-8-4-6-13(3)18(15)22-20(24)17-10-16(17)19(23)21-11-14-7-5-9-25-14/h4,6,8,12,14,16-17H,5,7,9-11H2,1-3H3,(H,21,23)(H,22,24). The number of carbonyl (C=O) groups excluding carboxylic acids is 2. The molecule has 5 nitrogen and oxygen atoms in total. The number of amides is 2. The topological polar surface area (TPSA) is 67.4 Å². The Balaban J connectivity index is 1.54. The normalized spacial score (nSPS) is 25.0. The van der Waals surface area contributed by atoms with Gasteiger partial charge in [0.25, 0.3) is 0 Å². The minimum atomic E-state index is -0.218. The Hall–Kier alpha value is -1.88. The van der Waals surface area contributed by atoms with Crippen molar-refractivity contribution in [1.82, 2.24) is 5.32 Å². The maximum absolute atomic E-state index is 12.6. The minimum absolute atomic E-state index is 0.0236. The maximum atomic E-state index is 12.6. The van der Waals surface area contributed by atoms with E-state index >= 15 is 0 Å². The number of rotatable bonds is 6. The van der Waals surface area contributed by atoms with E-state index in [0.29, 0.717) is 18.9 Å². The van der Waals surface area contributed by atoms with E-state index < -0.39 is 0 Å². The zero-order valence-electron chi connectivity index (χ0n) is 15.3. The second-order valence-corrected chi connectivity index (χ2v) is 7.51. The molecule has 2 aliphatic rings. The monoisotopic (exact) mass is 344 g/mol. The molecule has 1 heterocycles. The van der Waals surface area contributed by atoms with E-state index in [1.807, 2.05) is 25.1 Å². The second-order valence-electron chi connectivity index (χ2n) is 7.51. The van der Waals surface area contributed by atoms with Crippen LogP contribution in [0, 0.1) is 18.8 Å². The lowest BCUT2D eigenvalue weighted by atomic mass is 9.98. The summed E-state index contributed by atoms with van der Waals surface area (Å²) in [6.07, 6.45) is 2.83. The molecule has 3 atom stereocenters. The van der Waals surface area contributed by atoms with Gasteiger partial charge in [0.1, 0.15) is 0 Å². The average Bonchev–Trinajstić information content (AvgIpc) is 3.22. The van der Waals surface area contributed by atoms with Crippen molar-refractivity contribution in [3.05, 3.63) is 29.3 Å². The van der Waals surface area contributed by atoms with Gasteiger partial charge in [0, 0.05) is 18.8 Å². The van der Waals surface area contributed by atoms with Gasteiger partial charge in [-0.05, 0) is 43.2 Å². The van der Waals surface area contributed by atoms with Crippen LogP contribution >= 0.6 is 0 Å². The van der Waals surface area contributed by atoms with Gasteiger partial charge in [-0.2, -0.15) is 0 Å². The highest BCUT2D eigenvalue weighted by Gasteiger charge is 2.48. The lowest BCUT2D eigenvalue weighted by Gasteiger charge is -2.16. The largest absolute Gasteiger partial charge is 0.376 e. The van der Waals surface area contributed by atoms with Gasteiger partial charge < -0.3 is 15.4 Å². The number of hydrogen-bond acceptors (Lipinski definition) is 3. The van der Waals surface area contributed by atoms with E-state index in [1.54, 1.807) is 0 Å². The summed E-state index contributed by atoms with van der Waals surface area (Å²) in [6, 6.07) is 6.06. The smallest absolute Gasteiger partial charge is 0.228 e. The van der Waals surface area contributed by atoms with Gasteiger partial charge in [0.2, 0.25) is 11.8 Å². The molecule has 2 fully saturated rings. The molecule has 136 valence electrons. The molecule has 0 spiro atoms. The number of carbonyl (C=O) groups is 2. The molecule has 3 unspecified atom stereocenters. The zero-order valence-corrected chi connectivity index (χ0v) is 15.3. The van der Waals surface area contributed by atoms with Crippen LogP contribution in [0.5, 0.6) is 0 Å². The molecule has 1 aliphatic carbocycles. The highest BCUT2D eigenvalue weighted by molar-refractivity contribution is 6.00. The highest BCUT2D eigenvalue weighted by Crippen LogP contribution is 2.40. The summed E-state index contributed by atoms with van der Waals surface area (Å²) in [5.41, 5.74) is 3.08. The number of anilines is 1. The lowest BCUT2D eigenvalue weighted by Crippen LogP contribution is -2.33. The number of ether oxygens (including phenoxy) is 1. The van der Waals surface area contributed by atoms with E-state index in [2.05, 4.69) is 24.5 Å². The van der Waals surface area contributed by atoms with Crippen molar-refractivity contribution in [3.63, 3.8) is 0 Å². The summed E-state index contributed by atoms with van der Waals surface area (Å²) in [5, 5.41) is 5.99. The van der Waals surface area contributed by atoms with Crippen molar-refractivity contribution < 1.29 is 14.3 Å². The van der Waals surface area contributed by atoms with E-state index in [1.165, 1.54) is 0 Å². The zero-order chi connectivity index (χ0) is 18.0. The molecule has 1 aromatic carbocycles. The average molecular weight is 344 g/mol. The van der Waals surface area contributed by atoms with E-state index in [9.17, 15) is 9.59 Å². The minimum Gasteiger partial charge on any atom is -0.376 e. The Kier molecular flexibility index (Phi) is 5.42. The van der Waals surface area contributed by atoms with Crippen molar-refractivity contribution in [2.24, 2.45) is 11.8 Å². The van der Waals surface area contributed by atoms with Crippen LogP contribution in [-0.4, -0.2) is 31.1 Å². The Morgan fingerprint density at radius 2 is 2.00 bits per heavy atom. The molecule has 1 aromatic rings.